The predicted molar refractivity (Wildman–Crippen MR) is 108 cm³/mol. The molecular formula is C21H28N6O. The molecule has 0 spiro atoms. The van der Waals surface area contributed by atoms with Gasteiger partial charge in [0.2, 0.25) is 0 Å². The molecule has 148 valence electrons. The van der Waals surface area contributed by atoms with E-state index in [-0.39, 0.29) is 5.91 Å². The number of hydrogen-bond donors (Lipinski definition) is 1. The third kappa shape index (κ3) is 3.93. The number of aromatic amines is 1. The number of fused-ring (bicyclic) bond motifs is 1. The summed E-state index contributed by atoms with van der Waals surface area (Å²) in [6, 6.07) is 4.17. The van der Waals surface area contributed by atoms with E-state index in [4.69, 9.17) is 0 Å². The largest absolute Gasteiger partial charge is 0.340 e. The summed E-state index contributed by atoms with van der Waals surface area (Å²) < 4.78 is 1.82. The molecular weight excluding hydrogens is 352 g/mol. The summed E-state index contributed by atoms with van der Waals surface area (Å²) in [5, 5.41) is 8.27. The molecule has 1 aromatic carbocycles. The van der Waals surface area contributed by atoms with E-state index in [1.54, 1.807) is 18.1 Å². The van der Waals surface area contributed by atoms with E-state index in [2.05, 4.69) is 46.3 Å². The number of carbonyl (C=O) groups excluding carboxylic acids is 1. The van der Waals surface area contributed by atoms with Gasteiger partial charge in [-0.3, -0.25) is 9.48 Å². The number of aryl methyl sites for hydroxylation is 2. The molecule has 2 heterocycles. The highest BCUT2D eigenvalue weighted by Gasteiger charge is 2.19. The van der Waals surface area contributed by atoms with Crippen LogP contribution >= 0.6 is 0 Å². The average Bonchev–Trinajstić information content (AvgIpc) is 3.29. The fourth-order valence-corrected chi connectivity index (χ4v) is 4.01. The molecule has 7 heteroatoms. The molecule has 0 aliphatic heterocycles. The molecule has 0 saturated heterocycles. The minimum absolute atomic E-state index is 0.136. The van der Waals surface area contributed by atoms with Crippen molar-refractivity contribution < 1.29 is 4.79 Å². The Kier molecular flexibility index (Phi) is 5.15. The normalized spacial score (nSPS) is 15.2. The summed E-state index contributed by atoms with van der Waals surface area (Å²) in [4.78, 5) is 22.3. The number of H-pyrrole nitrogens is 1. The van der Waals surface area contributed by atoms with E-state index in [0.717, 1.165) is 23.4 Å². The van der Waals surface area contributed by atoms with E-state index >= 15 is 0 Å². The summed E-state index contributed by atoms with van der Waals surface area (Å²) >= 11 is 0. The van der Waals surface area contributed by atoms with Gasteiger partial charge in [-0.1, -0.05) is 24.5 Å². The Morgan fingerprint density at radius 1 is 1.21 bits per heavy atom. The lowest BCUT2D eigenvalue weighted by atomic mass is 9.89. The van der Waals surface area contributed by atoms with Crippen LogP contribution in [0.3, 0.4) is 0 Å². The van der Waals surface area contributed by atoms with Gasteiger partial charge < -0.3 is 9.88 Å². The van der Waals surface area contributed by atoms with Crippen LogP contribution in [-0.2, 0) is 13.1 Å². The summed E-state index contributed by atoms with van der Waals surface area (Å²) in [6.45, 7) is 5.42. The van der Waals surface area contributed by atoms with Gasteiger partial charge in [0.15, 0.2) is 5.69 Å². The molecule has 1 aliphatic rings. The Labute approximate surface area is 165 Å². The van der Waals surface area contributed by atoms with Crippen LogP contribution in [0.5, 0.6) is 0 Å². The van der Waals surface area contributed by atoms with E-state index in [1.807, 2.05) is 4.68 Å². The first-order valence-corrected chi connectivity index (χ1v) is 10.1. The zero-order valence-corrected chi connectivity index (χ0v) is 16.9. The molecule has 1 amide bonds. The van der Waals surface area contributed by atoms with Crippen molar-refractivity contribution in [2.45, 2.75) is 59.0 Å². The van der Waals surface area contributed by atoms with E-state index < -0.39 is 0 Å². The van der Waals surface area contributed by atoms with E-state index in [0.29, 0.717) is 18.2 Å². The van der Waals surface area contributed by atoms with Crippen LogP contribution in [-0.4, -0.2) is 42.8 Å². The standard InChI is InChI=1S/C21H28N6O/c1-14-9-17-18(10-15(14)2)23-20(22-17)13-26(3)21(28)19-12-27(25-24-19)11-16-7-5-4-6-8-16/h9-10,12,16H,4-8,11,13H2,1-3H3,(H,22,23). The van der Waals surface area contributed by atoms with Crippen molar-refractivity contribution in [1.29, 1.82) is 0 Å². The molecule has 3 aromatic rings. The molecule has 0 radical (unpaired) electrons. The third-order valence-electron chi connectivity index (χ3n) is 5.81. The first kappa shape index (κ1) is 18.7. The van der Waals surface area contributed by atoms with E-state index in [1.165, 1.54) is 43.2 Å². The first-order chi connectivity index (χ1) is 13.5. The maximum Gasteiger partial charge on any atom is 0.276 e. The summed E-state index contributed by atoms with van der Waals surface area (Å²) in [7, 11) is 1.77. The highest BCUT2D eigenvalue weighted by Crippen LogP contribution is 2.24. The van der Waals surface area contributed by atoms with E-state index in [9.17, 15) is 4.79 Å². The number of benzene rings is 1. The van der Waals surface area contributed by atoms with Gasteiger partial charge in [0, 0.05) is 13.6 Å². The van der Waals surface area contributed by atoms with Crippen molar-refractivity contribution >= 4 is 16.9 Å². The van der Waals surface area contributed by atoms with Crippen LogP contribution in [0.2, 0.25) is 0 Å². The quantitative estimate of drug-likeness (QED) is 0.733. The maximum atomic E-state index is 12.7. The number of aromatic nitrogens is 5. The van der Waals surface area contributed by atoms with Crippen LogP contribution in [0, 0.1) is 19.8 Å². The molecule has 1 aliphatic carbocycles. The smallest absolute Gasteiger partial charge is 0.276 e. The Bertz CT molecular complexity index is 943. The summed E-state index contributed by atoms with van der Waals surface area (Å²) in [5.74, 6) is 1.28. The highest BCUT2D eigenvalue weighted by atomic mass is 16.2. The Morgan fingerprint density at radius 2 is 1.96 bits per heavy atom. The zero-order chi connectivity index (χ0) is 19.7. The van der Waals surface area contributed by atoms with Crippen molar-refractivity contribution in [1.82, 2.24) is 29.9 Å². The number of rotatable bonds is 5. The van der Waals surface area contributed by atoms with Crippen LogP contribution in [0.15, 0.2) is 18.3 Å². The number of amides is 1. The minimum atomic E-state index is -0.136. The zero-order valence-electron chi connectivity index (χ0n) is 16.9. The lowest BCUT2D eigenvalue weighted by Gasteiger charge is -2.20. The van der Waals surface area contributed by atoms with Crippen molar-refractivity contribution in [2.75, 3.05) is 7.05 Å². The van der Waals surface area contributed by atoms with Crippen LogP contribution in [0.1, 0.15) is 59.5 Å². The minimum Gasteiger partial charge on any atom is -0.340 e. The Morgan fingerprint density at radius 3 is 2.75 bits per heavy atom. The van der Waals surface area contributed by atoms with Crippen LogP contribution in [0.4, 0.5) is 0 Å². The third-order valence-corrected chi connectivity index (χ3v) is 5.81. The Hall–Kier alpha value is -2.70. The molecule has 4 rings (SSSR count). The second-order valence-corrected chi connectivity index (χ2v) is 8.13. The van der Waals surface area contributed by atoms with Gasteiger partial charge in [-0.15, -0.1) is 5.10 Å². The van der Waals surface area contributed by atoms with Gasteiger partial charge in [0.05, 0.1) is 23.8 Å². The molecule has 1 saturated carbocycles. The SMILES string of the molecule is Cc1cc2nc(CN(C)C(=O)c3cn(CC4CCCCC4)nn3)[nH]c2cc1C. The van der Waals surface area contributed by atoms with Gasteiger partial charge in [0.1, 0.15) is 5.82 Å². The molecule has 1 N–H and O–H groups in total. The van der Waals surface area contributed by atoms with Crippen LogP contribution < -0.4 is 0 Å². The van der Waals surface area contributed by atoms with Gasteiger partial charge in [-0.05, 0) is 55.9 Å². The van der Waals surface area contributed by atoms with Gasteiger partial charge in [0.25, 0.3) is 5.91 Å². The van der Waals surface area contributed by atoms with Crippen molar-refractivity contribution in [3.63, 3.8) is 0 Å². The second-order valence-electron chi connectivity index (χ2n) is 8.13. The fourth-order valence-electron chi connectivity index (χ4n) is 4.01. The molecule has 28 heavy (non-hydrogen) atoms. The number of nitrogens with zero attached hydrogens (tertiary/aromatic N) is 5. The molecule has 0 bridgehead atoms. The Balaban J connectivity index is 1.42. The summed E-state index contributed by atoms with van der Waals surface area (Å²) in [6.07, 6.45) is 8.19. The number of imidazole rings is 1. The van der Waals surface area contributed by atoms with Gasteiger partial charge >= 0.3 is 0 Å². The van der Waals surface area contributed by atoms with Crippen molar-refractivity contribution in [3.05, 3.63) is 41.0 Å². The van der Waals surface area contributed by atoms with Crippen molar-refractivity contribution in [2.24, 2.45) is 5.92 Å². The first-order valence-electron chi connectivity index (χ1n) is 10.1. The van der Waals surface area contributed by atoms with Gasteiger partial charge in [-0.25, -0.2) is 4.98 Å². The molecule has 7 nitrogen and oxygen atoms in total. The molecule has 2 aromatic heterocycles. The lowest BCUT2D eigenvalue weighted by molar-refractivity contribution is 0.0776. The lowest BCUT2D eigenvalue weighted by Crippen LogP contribution is -2.27. The maximum absolute atomic E-state index is 12.7. The van der Waals surface area contributed by atoms with Crippen molar-refractivity contribution in [3.8, 4) is 0 Å². The average molecular weight is 380 g/mol. The highest BCUT2D eigenvalue weighted by molar-refractivity contribution is 5.91. The molecule has 0 atom stereocenters. The van der Waals surface area contributed by atoms with Crippen LogP contribution in [0.25, 0.3) is 11.0 Å². The topological polar surface area (TPSA) is 79.7 Å². The predicted octanol–water partition coefficient (Wildman–Crippen LogP) is 3.62. The summed E-state index contributed by atoms with van der Waals surface area (Å²) in [5.41, 5.74) is 4.75. The molecule has 1 fully saturated rings. The monoisotopic (exact) mass is 380 g/mol. The second kappa shape index (κ2) is 7.73. The molecule has 0 unspecified atom stereocenters. The van der Waals surface area contributed by atoms with Gasteiger partial charge in [-0.2, -0.15) is 0 Å². The fraction of sp³-hybridized carbons (Fsp3) is 0.524. The number of hydrogen-bond acceptors (Lipinski definition) is 4. The number of carbonyl (C=O) groups is 1. The number of nitrogens with one attached hydrogen (secondary N) is 1.